The van der Waals surface area contributed by atoms with Gasteiger partial charge in [-0.25, -0.2) is 0 Å². The summed E-state index contributed by atoms with van der Waals surface area (Å²) in [6, 6.07) is 0. The van der Waals surface area contributed by atoms with Crippen LogP contribution in [0.25, 0.3) is 0 Å². The van der Waals surface area contributed by atoms with Crippen molar-refractivity contribution in [2.75, 3.05) is 0 Å². The van der Waals surface area contributed by atoms with Crippen LogP contribution in [-0.2, 0) is 19.2 Å². The molecular formula is C31H36O5S. The highest BCUT2D eigenvalue weighted by Gasteiger charge is 2.74. The van der Waals surface area contributed by atoms with Gasteiger partial charge in [0.2, 0.25) is 5.12 Å². The smallest absolute Gasteiger partial charge is 0.208 e. The van der Waals surface area contributed by atoms with Crippen molar-refractivity contribution in [1.29, 1.82) is 0 Å². The highest BCUT2D eigenvalue weighted by Crippen LogP contribution is 2.76. The van der Waals surface area contributed by atoms with Crippen molar-refractivity contribution in [2.45, 2.75) is 71.8 Å². The Kier molecular flexibility index (Phi) is 6.36. The predicted molar refractivity (Wildman–Crippen MR) is 143 cm³/mol. The van der Waals surface area contributed by atoms with E-state index < -0.39 is 28.0 Å². The molecule has 0 radical (unpaired) electrons. The van der Waals surface area contributed by atoms with Crippen molar-refractivity contribution in [2.24, 2.45) is 45.8 Å². The normalized spacial score (nSPS) is 43.2. The maximum absolute atomic E-state index is 14.3. The molecule has 0 amide bonds. The van der Waals surface area contributed by atoms with Crippen LogP contribution in [0.4, 0.5) is 0 Å². The zero-order chi connectivity index (χ0) is 26.9. The van der Waals surface area contributed by atoms with Crippen LogP contribution in [0.5, 0.6) is 0 Å². The van der Waals surface area contributed by atoms with Gasteiger partial charge in [-0.15, -0.1) is 12.3 Å². The number of terminal acetylenes is 1. The zero-order valence-corrected chi connectivity index (χ0v) is 22.7. The second-order valence-electron chi connectivity index (χ2n) is 12.0. The summed E-state index contributed by atoms with van der Waals surface area (Å²) in [6.07, 6.45) is 14.6. The molecule has 0 bridgehead atoms. The number of aliphatic hydroxyl groups excluding tert-OH is 1. The van der Waals surface area contributed by atoms with Crippen molar-refractivity contribution >= 4 is 33.6 Å². The molecule has 0 aromatic heterocycles. The number of hydrogen-bond donors (Lipinski definition) is 1. The molecule has 0 saturated heterocycles. The molecule has 5 nitrogen and oxygen atoms in total. The molecule has 4 fully saturated rings. The molecule has 0 aliphatic heterocycles. The fraction of sp³-hybridized carbons (Fsp3) is 0.613. The van der Waals surface area contributed by atoms with E-state index in [9.17, 15) is 24.3 Å². The second-order valence-corrected chi connectivity index (χ2v) is 13.0. The van der Waals surface area contributed by atoms with E-state index in [1.807, 2.05) is 6.92 Å². The third-order valence-electron chi connectivity index (χ3n) is 10.8. The van der Waals surface area contributed by atoms with Gasteiger partial charge in [-0.05, 0) is 85.1 Å². The van der Waals surface area contributed by atoms with Crippen LogP contribution >= 0.6 is 11.8 Å². The Morgan fingerprint density at radius 1 is 1.22 bits per heavy atom. The van der Waals surface area contributed by atoms with E-state index in [0.29, 0.717) is 24.6 Å². The van der Waals surface area contributed by atoms with Gasteiger partial charge in [0.25, 0.3) is 0 Å². The maximum Gasteiger partial charge on any atom is 0.208 e. The maximum atomic E-state index is 14.3. The summed E-state index contributed by atoms with van der Waals surface area (Å²) in [4.78, 5) is 52.2. The first-order valence-corrected chi connectivity index (χ1v) is 14.4. The highest BCUT2D eigenvalue weighted by atomic mass is 32.2. The first-order chi connectivity index (χ1) is 17.5. The lowest BCUT2D eigenvalue weighted by molar-refractivity contribution is -0.131. The van der Waals surface area contributed by atoms with Crippen molar-refractivity contribution in [3.8, 4) is 12.3 Å². The number of aliphatic hydroxyl groups is 1. The predicted octanol–water partition coefficient (Wildman–Crippen LogP) is 4.84. The molecule has 6 heteroatoms. The van der Waals surface area contributed by atoms with Gasteiger partial charge in [-0.2, -0.15) is 0 Å². The highest BCUT2D eigenvalue weighted by molar-refractivity contribution is 8.26. The molecule has 196 valence electrons. The van der Waals surface area contributed by atoms with Gasteiger partial charge in [-0.3, -0.25) is 19.2 Å². The van der Waals surface area contributed by atoms with Gasteiger partial charge in [0, 0.05) is 29.7 Å². The molecule has 37 heavy (non-hydrogen) atoms. The Balaban J connectivity index is 1.68. The van der Waals surface area contributed by atoms with Crippen LogP contribution in [0.3, 0.4) is 0 Å². The van der Waals surface area contributed by atoms with E-state index in [1.165, 1.54) is 0 Å². The van der Waals surface area contributed by atoms with Crippen molar-refractivity contribution in [3.63, 3.8) is 0 Å². The van der Waals surface area contributed by atoms with Crippen molar-refractivity contribution in [3.05, 3.63) is 36.0 Å². The summed E-state index contributed by atoms with van der Waals surface area (Å²) in [6.45, 7) is 9.67. The average molecular weight is 521 g/mol. The van der Waals surface area contributed by atoms with Gasteiger partial charge in [0.15, 0.2) is 16.7 Å². The number of fused-ring (bicyclic) bond motifs is 2. The van der Waals surface area contributed by atoms with Crippen LogP contribution in [0.1, 0.15) is 65.7 Å². The van der Waals surface area contributed by atoms with Gasteiger partial charge >= 0.3 is 0 Å². The number of carbonyl (C=O) groups is 4. The average Bonchev–Trinajstić information content (AvgIpc) is 3.07. The third-order valence-corrected chi connectivity index (χ3v) is 11.8. The summed E-state index contributed by atoms with van der Waals surface area (Å²) in [5, 5.41) is 11.0. The lowest BCUT2D eigenvalue weighted by atomic mass is 9.41. The van der Waals surface area contributed by atoms with Crippen LogP contribution in [0, 0.1) is 58.2 Å². The number of allylic oxidation sites excluding steroid dienone is 5. The topological polar surface area (TPSA) is 88.5 Å². The fourth-order valence-electron chi connectivity index (χ4n) is 9.29. The van der Waals surface area contributed by atoms with Gasteiger partial charge in [0.05, 0.1) is 11.5 Å². The van der Waals surface area contributed by atoms with Crippen molar-refractivity contribution < 1.29 is 24.3 Å². The first kappa shape index (κ1) is 26.4. The van der Waals surface area contributed by atoms with Gasteiger partial charge in [-0.1, -0.05) is 39.0 Å². The molecule has 0 heterocycles. The third kappa shape index (κ3) is 3.29. The number of hydrogen-bond acceptors (Lipinski definition) is 6. The standard InChI is InChI=1S/C31H36O5S/c1-6-18-14-23-21-10-9-19-13-20(32)11-12-30(19)15-22(27(21)30)25(34)16-29(23,5)31(18,17(4)24(33)7-2)28(36)37-26(35)8-3/h1,11-13,18,21-23,25,27,34H,4,7-10,14-16H2,2-3,5H3/t18-,21?,22?,23?,25+,27?,29+,30-,31-/m1/s1. The van der Waals surface area contributed by atoms with E-state index in [-0.39, 0.29) is 64.2 Å². The minimum atomic E-state index is -1.42. The van der Waals surface area contributed by atoms with Crippen LogP contribution in [0.2, 0.25) is 0 Å². The van der Waals surface area contributed by atoms with Crippen LogP contribution in [-0.4, -0.2) is 33.0 Å². The second kappa shape index (κ2) is 8.92. The molecule has 5 aliphatic rings. The largest absolute Gasteiger partial charge is 0.393 e. The Labute approximate surface area is 223 Å². The Bertz CT molecular complexity index is 1200. The Morgan fingerprint density at radius 3 is 2.59 bits per heavy atom. The zero-order valence-electron chi connectivity index (χ0n) is 21.9. The fourth-order valence-corrected chi connectivity index (χ4v) is 10.3. The molecule has 0 aromatic carbocycles. The van der Waals surface area contributed by atoms with E-state index in [2.05, 4.69) is 18.6 Å². The molecule has 1 spiro atoms. The molecule has 5 rings (SSSR count). The lowest BCUT2D eigenvalue weighted by Crippen LogP contribution is -2.58. The summed E-state index contributed by atoms with van der Waals surface area (Å²) >= 11 is 0.665. The molecule has 5 aliphatic carbocycles. The van der Waals surface area contributed by atoms with Crippen LogP contribution < -0.4 is 0 Å². The lowest BCUT2D eigenvalue weighted by Gasteiger charge is -2.63. The molecule has 4 unspecified atom stereocenters. The number of rotatable bonds is 5. The number of Topliss-reactive ketones (excluding diaryl/α,β-unsaturated/α-hetero) is 1. The van der Waals surface area contributed by atoms with E-state index in [4.69, 9.17) is 6.42 Å². The van der Waals surface area contributed by atoms with E-state index in [0.717, 1.165) is 24.8 Å². The van der Waals surface area contributed by atoms with Crippen molar-refractivity contribution in [1.82, 2.24) is 0 Å². The SMILES string of the molecule is C#C[C@@H]1CC2C3CCC4=CC(=O)C=C[C@@]45CC(C35)[C@@H](O)C[C@]2(C)[C@@]1(C(=C)C(=O)CC)C(=O)SC(=O)CC. The molecular weight excluding hydrogens is 484 g/mol. The minimum Gasteiger partial charge on any atom is -0.393 e. The first-order valence-electron chi connectivity index (χ1n) is 13.6. The quantitative estimate of drug-likeness (QED) is 0.412. The molecule has 9 atom stereocenters. The summed E-state index contributed by atoms with van der Waals surface area (Å²) in [7, 11) is 0. The number of thioether (sulfide) groups is 1. The Morgan fingerprint density at radius 2 is 1.95 bits per heavy atom. The van der Waals surface area contributed by atoms with Gasteiger partial charge < -0.3 is 5.11 Å². The van der Waals surface area contributed by atoms with E-state index >= 15 is 0 Å². The monoisotopic (exact) mass is 520 g/mol. The molecule has 0 aromatic rings. The minimum absolute atomic E-state index is 0.0198. The number of carbonyl (C=O) groups excluding carboxylic acids is 4. The summed E-state index contributed by atoms with van der Waals surface area (Å²) in [5.41, 5.74) is -1.11. The van der Waals surface area contributed by atoms with E-state index in [1.54, 1.807) is 26.0 Å². The summed E-state index contributed by atoms with van der Waals surface area (Å²) < 4.78 is 0. The van der Waals surface area contributed by atoms with Gasteiger partial charge in [0.1, 0.15) is 0 Å². The summed E-state index contributed by atoms with van der Waals surface area (Å²) in [5.74, 6) is 2.44. The molecule has 4 saturated carbocycles. The molecule has 1 N–H and O–H groups in total. The van der Waals surface area contributed by atoms with Crippen LogP contribution in [0.15, 0.2) is 36.0 Å². The Hall–Kier alpha value is -2.23. The number of ketones is 2.